The molecule has 1 saturated heterocycles. The van der Waals surface area contributed by atoms with Crippen molar-refractivity contribution in [2.75, 3.05) is 27.7 Å². The predicted molar refractivity (Wildman–Crippen MR) is 52.5 cm³/mol. The summed E-state index contributed by atoms with van der Waals surface area (Å²) in [5, 5.41) is 0.351. The molecule has 0 bridgehead atoms. The van der Waals surface area contributed by atoms with Crippen molar-refractivity contribution in [1.29, 1.82) is 0 Å². The third-order valence-electron chi connectivity index (χ3n) is 2.25. The minimum Gasteiger partial charge on any atom is -0.347 e. The lowest BCUT2D eigenvalue weighted by Crippen LogP contribution is -2.40. The van der Waals surface area contributed by atoms with Gasteiger partial charge in [-0.2, -0.15) is 12.6 Å². The van der Waals surface area contributed by atoms with Gasteiger partial charge in [0.2, 0.25) is 5.91 Å². The number of likely N-dealkylation sites (N-methyl/N-ethyl adjacent to an activating group) is 2. The largest absolute Gasteiger partial charge is 0.347 e. The molecule has 3 nitrogen and oxygen atoms in total. The van der Waals surface area contributed by atoms with Gasteiger partial charge in [-0.25, -0.2) is 0 Å². The highest BCUT2D eigenvalue weighted by Crippen LogP contribution is 2.20. The summed E-state index contributed by atoms with van der Waals surface area (Å²) in [6.45, 7) is 0.910. The highest BCUT2D eigenvalue weighted by Gasteiger charge is 2.33. The molecule has 0 aromatic heterocycles. The molecule has 1 rings (SSSR count). The molecule has 0 saturated carbocycles. The number of likely N-dealkylation sites (tertiary alicyclic amines) is 1. The third kappa shape index (κ3) is 1.93. The molecule has 1 amide bonds. The van der Waals surface area contributed by atoms with Crippen LogP contribution in [0.5, 0.6) is 0 Å². The normalized spacial score (nSPS) is 30.7. The SMILES string of the molecule is CN(C)C(=O)[C@@H]1C[C@H](S)CN1C. The number of amides is 1. The van der Waals surface area contributed by atoms with Gasteiger partial charge in [0.05, 0.1) is 6.04 Å². The number of carbonyl (C=O) groups is 1. The van der Waals surface area contributed by atoms with Crippen LogP contribution in [-0.2, 0) is 4.79 Å². The van der Waals surface area contributed by atoms with Gasteiger partial charge in [0.1, 0.15) is 0 Å². The lowest BCUT2D eigenvalue weighted by atomic mass is 10.2. The zero-order valence-corrected chi connectivity index (χ0v) is 8.71. The lowest BCUT2D eigenvalue weighted by Gasteiger charge is -2.21. The Hall–Kier alpha value is -0.220. The van der Waals surface area contributed by atoms with Crippen molar-refractivity contribution in [2.45, 2.75) is 17.7 Å². The van der Waals surface area contributed by atoms with Crippen molar-refractivity contribution in [3.8, 4) is 0 Å². The second-order valence-electron chi connectivity index (χ2n) is 3.58. The van der Waals surface area contributed by atoms with Crippen LogP contribution < -0.4 is 0 Å². The molecule has 0 aromatic carbocycles. The summed E-state index contributed by atoms with van der Waals surface area (Å²) < 4.78 is 0. The fourth-order valence-corrected chi connectivity index (χ4v) is 2.02. The van der Waals surface area contributed by atoms with E-state index in [1.807, 2.05) is 7.05 Å². The Balaban J connectivity index is 2.58. The maximum absolute atomic E-state index is 11.6. The number of carbonyl (C=O) groups excluding carboxylic acids is 1. The number of thiol groups is 1. The molecule has 12 heavy (non-hydrogen) atoms. The van der Waals surface area contributed by atoms with Gasteiger partial charge in [0.25, 0.3) is 0 Å². The van der Waals surface area contributed by atoms with E-state index in [9.17, 15) is 4.79 Å². The summed E-state index contributed by atoms with van der Waals surface area (Å²) in [4.78, 5) is 15.3. The number of hydrogen-bond acceptors (Lipinski definition) is 3. The van der Waals surface area contributed by atoms with E-state index >= 15 is 0 Å². The van der Waals surface area contributed by atoms with Crippen molar-refractivity contribution in [2.24, 2.45) is 0 Å². The van der Waals surface area contributed by atoms with Crippen molar-refractivity contribution >= 4 is 18.5 Å². The minimum absolute atomic E-state index is 0.0440. The van der Waals surface area contributed by atoms with Crippen LogP contribution in [0.2, 0.25) is 0 Å². The van der Waals surface area contributed by atoms with E-state index in [1.54, 1.807) is 19.0 Å². The molecule has 1 aliphatic rings. The molecule has 0 radical (unpaired) electrons. The maximum Gasteiger partial charge on any atom is 0.239 e. The Morgan fingerprint density at radius 3 is 2.50 bits per heavy atom. The zero-order chi connectivity index (χ0) is 9.30. The average Bonchev–Trinajstić information content (AvgIpc) is 2.28. The van der Waals surface area contributed by atoms with Crippen molar-refractivity contribution in [3.05, 3.63) is 0 Å². The monoisotopic (exact) mass is 188 g/mol. The summed E-state index contributed by atoms with van der Waals surface area (Å²) in [6, 6.07) is 0.0440. The van der Waals surface area contributed by atoms with Crippen LogP contribution in [0.1, 0.15) is 6.42 Å². The van der Waals surface area contributed by atoms with Crippen LogP contribution in [0.3, 0.4) is 0 Å². The minimum atomic E-state index is 0.0440. The van der Waals surface area contributed by atoms with Crippen molar-refractivity contribution in [3.63, 3.8) is 0 Å². The molecule has 70 valence electrons. The van der Waals surface area contributed by atoms with Gasteiger partial charge >= 0.3 is 0 Å². The Morgan fingerprint density at radius 2 is 2.17 bits per heavy atom. The quantitative estimate of drug-likeness (QED) is 0.589. The molecule has 0 unspecified atom stereocenters. The summed E-state index contributed by atoms with van der Waals surface area (Å²) in [7, 11) is 5.56. The van der Waals surface area contributed by atoms with Crippen molar-refractivity contribution < 1.29 is 4.79 Å². The second-order valence-corrected chi connectivity index (χ2v) is 4.31. The Bertz CT molecular complexity index is 184. The van der Waals surface area contributed by atoms with Gasteiger partial charge in [-0.1, -0.05) is 0 Å². The molecule has 0 spiro atoms. The van der Waals surface area contributed by atoms with Gasteiger partial charge in [-0.3, -0.25) is 9.69 Å². The zero-order valence-electron chi connectivity index (χ0n) is 7.82. The highest BCUT2D eigenvalue weighted by molar-refractivity contribution is 7.81. The first kappa shape index (κ1) is 9.86. The number of hydrogen-bond donors (Lipinski definition) is 1. The smallest absolute Gasteiger partial charge is 0.239 e. The average molecular weight is 188 g/mol. The van der Waals surface area contributed by atoms with E-state index in [-0.39, 0.29) is 11.9 Å². The van der Waals surface area contributed by atoms with Gasteiger partial charge in [0, 0.05) is 25.9 Å². The Morgan fingerprint density at radius 1 is 1.58 bits per heavy atom. The van der Waals surface area contributed by atoms with E-state index in [4.69, 9.17) is 0 Å². The molecule has 0 aromatic rings. The molecule has 1 aliphatic heterocycles. The molecule has 1 heterocycles. The van der Waals surface area contributed by atoms with E-state index in [1.165, 1.54) is 0 Å². The lowest BCUT2D eigenvalue weighted by molar-refractivity contribution is -0.132. The standard InChI is InChI=1S/C8H16N2OS/c1-9(2)8(11)7-4-6(12)5-10(7)3/h6-7,12H,4-5H2,1-3H3/t6-,7-/m0/s1. The summed E-state index contributed by atoms with van der Waals surface area (Å²) in [5.74, 6) is 0.189. The molecular weight excluding hydrogens is 172 g/mol. The van der Waals surface area contributed by atoms with E-state index in [0.29, 0.717) is 5.25 Å². The van der Waals surface area contributed by atoms with Gasteiger partial charge in [-0.15, -0.1) is 0 Å². The highest BCUT2D eigenvalue weighted by atomic mass is 32.1. The Kier molecular flexibility index (Phi) is 3.01. The summed E-state index contributed by atoms with van der Waals surface area (Å²) in [6.07, 6.45) is 0.872. The first-order valence-electron chi connectivity index (χ1n) is 4.12. The predicted octanol–water partition coefficient (Wildman–Crippen LogP) is 0.0771. The third-order valence-corrected chi connectivity index (χ3v) is 2.63. The summed E-state index contributed by atoms with van der Waals surface area (Å²) in [5.41, 5.74) is 0. The topological polar surface area (TPSA) is 23.6 Å². The van der Waals surface area contributed by atoms with Crippen LogP contribution in [0.15, 0.2) is 0 Å². The first-order valence-corrected chi connectivity index (χ1v) is 4.63. The van der Waals surface area contributed by atoms with Crippen LogP contribution in [0.4, 0.5) is 0 Å². The molecule has 1 fully saturated rings. The fourth-order valence-electron chi connectivity index (χ4n) is 1.56. The second kappa shape index (κ2) is 3.66. The molecule has 4 heteroatoms. The van der Waals surface area contributed by atoms with Crippen LogP contribution in [0.25, 0.3) is 0 Å². The van der Waals surface area contributed by atoms with Gasteiger partial charge in [-0.05, 0) is 13.5 Å². The summed E-state index contributed by atoms with van der Waals surface area (Å²) >= 11 is 4.36. The van der Waals surface area contributed by atoms with E-state index in [2.05, 4.69) is 17.5 Å². The maximum atomic E-state index is 11.6. The van der Waals surface area contributed by atoms with Crippen LogP contribution in [-0.4, -0.2) is 54.7 Å². The van der Waals surface area contributed by atoms with E-state index < -0.39 is 0 Å². The number of rotatable bonds is 1. The Labute approximate surface area is 79.1 Å². The van der Waals surface area contributed by atoms with Crippen LogP contribution >= 0.6 is 12.6 Å². The molecule has 0 N–H and O–H groups in total. The van der Waals surface area contributed by atoms with Crippen LogP contribution in [0, 0.1) is 0 Å². The van der Waals surface area contributed by atoms with Gasteiger partial charge < -0.3 is 4.90 Å². The number of nitrogens with zero attached hydrogens (tertiary/aromatic N) is 2. The molecule has 0 aliphatic carbocycles. The van der Waals surface area contributed by atoms with Crippen molar-refractivity contribution in [1.82, 2.24) is 9.80 Å². The fraction of sp³-hybridized carbons (Fsp3) is 0.875. The van der Waals surface area contributed by atoms with E-state index in [0.717, 1.165) is 13.0 Å². The molecular formula is C8H16N2OS. The molecule has 2 atom stereocenters. The first-order chi connectivity index (χ1) is 5.52. The van der Waals surface area contributed by atoms with Gasteiger partial charge in [0.15, 0.2) is 0 Å².